The summed E-state index contributed by atoms with van der Waals surface area (Å²) in [6.07, 6.45) is 2.05. The van der Waals surface area contributed by atoms with Crippen LogP contribution in [0.2, 0.25) is 5.02 Å². The lowest BCUT2D eigenvalue weighted by Crippen LogP contribution is -2.55. The third-order valence-corrected chi connectivity index (χ3v) is 5.59. The second-order valence-electron chi connectivity index (χ2n) is 5.65. The molecule has 0 radical (unpaired) electrons. The molecule has 0 saturated carbocycles. The summed E-state index contributed by atoms with van der Waals surface area (Å²) < 4.78 is 6.51. The Labute approximate surface area is 153 Å². The highest BCUT2D eigenvalue weighted by molar-refractivity contribution is 7.18. The minimum Gasteiger partial charge on any atom is -0.477 e. The van der Waals surface area contributed by atoms with E-state index in [-0.39, 0.29) is 11.6 Å². The molecule has 1 unspecified atom stereocenters. The topological polar surface area (TPSA) is 79.7 Å². The Morgan fingerprint density at radius 2 is 2.32 bits per heavy atom. The van der Waals surface area contributed by atoms with Crippen molar-refractivity contribution in [3.63, 3.8) is 0 Å². The van der Waals surface area contributed by atoms with Gasteiger partial charge >= 0.3 is 5.97 Å². The summed E-state index contributed by atoms with van der Waals surface area (Å²) in [7, 11) is 0. The number of benzene rings is 1. The highest BCUT2D eigenvalue weighted by Crippen LogP contribution is 2.41. The molecule has 1 aliphatic heterocycles. The first-order chi connectivity index (χ1) is 12.0. The Morgan fingerprint density at radius 1 is 1.52 bits per heavy atom. The predicted octanol–water partition coefficient (Wildman–Crippen LogP) is 3.43. The third-order valence-electron chi connectivity index (χ3n) is 4.17. The van der Waals surface area contributed by atoms with Gasteiger partial charge in [-0.2, -0.15) is 0 Å². The molecule has 1 aliphatic rings. The number of halogens is 1. The lowest BCUT2D eigenvalue weighted by Gasteiger charge is -2.42. The number of fused-ring (bicyclic) bond motifs is 1. The minimum atomic E-state index is -1.85. The summed E-state index contributed by atoms with van der Waals surface area (Å²) in [6, 6.07) is 5.31. The smallest absolute Gasteiger partial charge is 0.365 e. The zero-order chi connectivity index (χ0) is 18.0. The number of hydrogen-bond donors (Lipinski definition) is 1. The summed E-state index contributed by atoms with van der Waals surface area (Å²) in [5.74, 6) is 0.678. The molecular formula is C17H17ClN2O4S. The van der Waals surface area contributed by atoms with Gasteiger partial charge in [0.2, 0.25) is 0 Å². The van der Waals surface area contributed by atoms with Crippen molar-refractivity contribution in [2.75, 3.05) is 13.2 Å². The molecule has 0 amide bonds. The fraction of sp³-hybridized carbons (Fsp3) is 0.412. The fourth-order valence-electron chi connectivity index (χ4n) is 3.08. The average molecular weight is 381 g/mol. The van der Waals surface area contributed by atoms with E-state index >= 15 is 0 Å². The Bertz CT molecular complexity index is 861. The Kier molecular flexibility index (Phi) is 5.11. The van der Waals surface area contributed by atoms with Crippen LogP contribution in [-0.4, -0.2) is 40.1 Å². The van der Waals surface area contributed by atoms with Crippen LogP contribution in [-0.2, 0) is 20.1 Å². The molecule has 1 fully saturated rings. The predicted molar refractivity (Wildman–Crippen MR) is 95.3 cm³/mol. The standard InChI is InChI=1S/C17H17ClN2O4S/c1-2-24-17(16(22)23,20-9-4-3-6-11(20)10-21)15-19-14-12(18)7-5-8-13(14)25-15/h5,7-8H,2-4,6,9H2,1H3,(H,22,23). The number of nitrogens with zero attached hydrogens (tertiary/aromatic N) is 2. The molecule has 8 heteroatoms. The molecule has 0 spiro atoms. The molecule has 3 rings (SSSR count). The number of allylic oxidation sites excluding steroid dienone is 1. The lowest BCUT2D eigenvalue weighted by atomic mass is 10.0. The van der Waals surface area contributed by atoms with Crippen LogP contribution in [0.5, 0.6) is 0 Å². The lowest BCUT2D eigenvalue weighted by molar-refractivity contribution is -0.197. The van der Waals surface area contributed by atoms with Crippen molar-refractivity contribution in [2.45, 2.75) is 31.9 Å². The fourth-order valence-corrected chi connectivity index (χ4v) is 4.49. The van der Waals surface area contributed by atoms with Crippen LogP contribution < -0.4 is 0 Å². The van der Waals surface area contributed by atoms with Gasteiger partial charge in [-0.05, 0) is 38.3 Å². The number of piperidine rings is 1. The maximum absolute atomic E-state index is 12.4. The zero-order valence-electron chi connectivity index (χ0n) is 13.6. The van der Waals surface area contributed by atoms with Crippen molar-refractivity contribution in [1.29, 1.82) is 0 Å². The Morgan fingerprint density at radius 3 is 2.96 bits per heavy atom. The first kappa shape index (κ1) is 17.9. The molecule has 1 N–H and O–H groups in total. The maximum Gasteiger partial charge on any atom is 0.365 e. The van der Waals surface area contributed by atoms with Gasteiger partial charge in [0.1, 0.15) is 17.2 Å². The number of carbonyl (C=O) groups excluding carboxylic acids is 1. The number of rotatable bonds is 5. The summed E-state index contributed by atoms with van der Waals surface area (Å²) >= 11 is 7.40. The molecular weight excluding hydrogens is 364 g/mol. The second kappa shape index (κ2) is 7.14. The van der Waals surface area contributed by atoms with Gasteiger partial charge in [0, 0.05) is 13.2 Å². The molecule has 1 atom stereocenters. The number of thiazole rings is 1. The van der Waals surface area contributed by atoms with Crippen LogP contribution in [0.3, 0.4) is 0 Å². The largest absolute Gasteiger partial charge is 0.477 e. The molecule has 132 valence electrons. The number of para-hydroxylation sites is 1. The SMILES string of the molecule is CCOC(C(=O)O)(c1nc2c(Cl)cccc2s1)N1CCCCC1=C=O. The van der Waals surface area contributed by atoms with E-state index in [1.54, 1.807) is 19.1 Å². The molecule has 2 aromatic rings. The number of carboxylic acids is 1. The number of ether oxygens (including phenoxy) is 1. The third kappa shape index (κ3) is 2.93. The summed E-state index contributed by atoms with van der Waals surface area (Å²) in [5.41, 5.74) is -1.02. The highest BCUT2D eigenvalue weighted by Gasteiger charge is 2.52. The van der Waals surface area contributed by atoms with Crippen molar-refractivity contribution in [2.24, 2.45) is 0 Å². The molecule has 1 aromatic heterocycles. The van der Waals surface area contributed by atoms with Crippen molar-refractivity contribution in [3.8, 4) is 0 Å². The number of carboxylic acid groups (broad SMARTS) is 1. The normalized spacial score (nSPS) is 17.4. The number of carbonyl (C=O) groups is 1. The molecule has 6 nitrogen and oxygen atoms in total. The van der Waals surface area contributed by atoms with Gasteiger partial charge in [-0.3, -0.25) is 0 Å². The van der Waals surface area contributed by atoms with E-state index in [2.05, 4.69) is 4.98 Å². The van der Waals surface area contributed by atoms with Crippen LogP contribution in [0, 0.1) is 0 Å². The number of hydrogen-bond acceptors (Lipinski definition) is 6. The summed E-state index contributed by atoms with van der Waals surface area (Å²) in [6.45, 7) is 2.26. The van der Waals surface area contributed by atoms with Crippen molar-refractivity contribution >= 4 is 45.1 Å². The van der Waals surface area contributed by atoms with Crippen molar-refractivity contribution in [1.82, 2.24) is 9.88 Å². The summed E-state index contributed by atoms with van der Waals surface area (Å²) in [4.78, 5) is 29.7. The summed E-state index contributed by atoms with van der Waals surface area (Å²) in [5, 5.41) is 10.8. The molecule has 0 bridgehead atoms. The van der Waals surface area contributed by atoms with Gasteiger partial charge in [-0.1, -0.05) is 17.7 Å². The van der Waals surface area contributed by atoms with E-state index in [0.29, 0.717) is 29.2 Å². The van der Waals surface area contributed by atoms with Crippen molar-refractivity contribution < 1.29 is 19.4 Å². The van der Waals surface area contributed by atoms with Crippen LogP contribution >= 0.6 is 22.9 Å². The van der Waals surface area contributed by atoms with Gasteiger partial charge < -0.3 is 14.7 Å². The van der Waals surface area contributed by atoms with Gasteiger partial charge in [0.05, 0.1) is 9.72 Å². The minimum absolute atomic E-state index is 0.151. The van der Waals surface area contributed by atoms with E-state index in [1.165, 1.54) is 16.2 Å². The molecule has 25 heavy (non-hydrogen) atoms. The van der Waals surface area contributed by atoms with Gasteiger partial charge in [-0.25, -0.2) is 14.6 Å². The van der Waals surface area contributed by atoms with Crippen LogP contribution in [0.4, 0.5) is 0 Å². The quantitative estimate of drug-likeness (QED) is 0.800. The first-order valence-electron chi connectivity index (χ1n) is 7.99. The monoisotopic (exact) mass is 380 g/mol. The van der Waals surface area contributed by atoms with E-state index in [1.807, 2.05) is 12.0 Å². The van der Waals surface area contributed by atoms with E-state index in [4.69, 9.17) is 16.3 Å². The zero-order valence-corrected chi connectivity index (χ0v) is 15.2. The first-order valence-corrected chi connectivity index (χ1v) is 9.18. The average Bonchev–Trinajstić information content (AvgIpc) is 3.05. The van der Waals surface area contributed by atoms with E-state index < -0.39 is 11.7 Å². The van der Waals surface area contributed by atoms with Crippen molar-refractivity contribution in [3.05, 3.63) is 33.9 Å². The highest BCUT2D eigenvalue weighted by atomic mass is 35.5. The van der Waals surface area contributed by atoms with Crippen LogP contribution in [0.15, 0.2) is 23.9 Å². The van der Waals surface area contributed by atoms with Gasteiger partial charge in [0.15, 0.2) is 5.01 Å². The van der Waals surface area contributed by atoms with E-state index in [9.17, 15) is 14.7 Å². The molecule has 1 aromatic carbocycles. The Hall–Kier alpha value is -1.92. The molecule has 1 saturated heterocycles. The Balaban J connectivity index is 2.24. The second-order valence-corrected chi connectivity index (χ2v) is 7.08. The van der Waals surface area contributed by atoms with Gasteiger partial charge in [0.25, 0.3) is 5.72 Å². The number of likely N-dealkylation sites (tertiary alicyclic amines) is 1. The van der Waals surface area contributed by atoms with Crippen LogP contribution in [0.1, 0.15) is 31.2 Å². The molecule has 0 aliphatic carbocycles. The maximum atomic E-state index is 12.4. The number of aromatic nitrogens is 1. The van der Waals surface area contributed by atoms with Crippen LogP contribution in [0.25, 0.3) is 10.2 Å². The number of aliphatic carboxylic acids is 1. The van der Waals surface area contributed by atoms with Gasteiger partial charge in [-0.15, -0.1) is 11.3 Å². The molecule has 2 heterocycles. The van der Waals surface area contributed by atoms with E-state index in [0.717, 1.165) is 17.5 Å².